The summed E-state index contributed by atoms with van der Waals surface area (Å²) in [4.78, 5) is 28.4. The number of aryl methyl sites for hydroxylation is 1. The smallest absolute Gasteiger partial charge is 0.312 e. The summed E-state index contributed by atoms with van der Waals surface area (Å²) in [7, 11) is 0. The molecule has 0 aliphatic rings. The van der Waals surface area contributed by atoms with E-state index in [9.17, 15) is 14.9 Å². The van der Waals surface area contributed by atoms with Crippen molar-refractivity contribution >= 4 is 23.2 Å². The maximum atomic E-state index is 12.0. The molecule has 0 fully saturated rings. The first-order chi connectivity index (χ1) is 12.7. The van der Waals surface area contributed by atoms with Gasteiger partial charge >= 0.3 is 5.97 Å². The average molecular weight is 385 g/mol. The first-order valence-electron chi connectivity index (χ1n) is 8.63. The summed E-state index contributed by atoms with van der Waals surface area (Å²) in [6.07, 6.45) is -0.00462. The van der Waals surface area contributed by atoms with Gasteiger partial charge < -0.3 is 10.1 Å². The topological polar surface area (TPSA) is 92.1 Å². The van der Waals surface area contributed by atoms with E-state index < -0.39 is 24.0 Å². The van der Waals surface area contributed by atoms with Gasteiger partial charge in [0.25, 0.3) is 5.91 Å². The molecule has 0 saturated heterocycles. The molecule has 2 aromatic rings. The van der Waals surface area contributed by atoms with Crippen LogP contribution in [0.1, 0.15) is 32.0 Å². The lowest BCUT2D eigenvalue weighted by Crippen LogP contribution is -2.50. The first kappa shape index (κ1) is 20.6. The third-order valence-electron chi connectivity index (χ3n) is 4.33. The summed E-state index contributed by atoms with van der Waals surface area (Å²) in [5, 5.41) is 14.4. The van der Waals surface area contributed by atoms with E-state index in [-0.39, 0.29) is 12.3 Å². The molecular weight excluding hydrogens is 362 g/mol. The molecule has 1 atom stereocenters. The van der Waals surface area contributed by atoms with E-state index in [1.54, 1.807) is 6.92 Å². The minimum Gasteiger partial charge on any atom is -0.455 e. The highest BCUT2D eigenvalue weighted by Gasteiger charge is 2.30. The zero-order chi connectivity index (χ0) is 20.0. The Morgan fingerprint density at radius 2 is 2.00 bits per heavy atom. The third-order valence-corrected chi connectivity index (χ3v) is 5.27. The van der Waals surface area contributed by atoms with Gasteiger partial charge in [0.1, 0.15) is 10.5 Å². The van der Waals surface area contributed by atoms with E-state index in [0.29, 0.717) is 5.69 Å². The van der Waals surface area contributed by atoms with Crippen molar-refractivity contribution in [2.75, 3.05) is 6.61 Å². The SMILES string of the molecule is Cc1ccc(-c2nc(CC(=O)OCC(=O)N[C@](C)(C#N)C(C)C)cs2)cc1. The quantitative estimate of drug-likeness (QED) is 0.739. The zero-order valence-corrected chi connectivity index (χ0v) is 16.7. The number of rotatable bonds is 7. The van der Waals surface area contributed by atoms with Crippen LogP contribution in [0.25, 0.3) is 10.6 Å². The molecule has 1 amide bonds. The summed E-state index contributed by atoms with van der Waals surface area (Å²) < 4.78 is 5.01. The monoisotopic (exact) mass is 385 g/mol. The number of thiazole rings is 1. The summed E-state index contributed by atoms with van der Waals surface area (Å²) in [5.74, 6) is -1.11. The number of ether oxygens (including phenoxy) is 1. The molecule has 0 spiro atoms. The number of carbonyl (C=O) groups is 2. The Bertz CT molecular complexity index is 852. The third kappa shape index (κ3) is 5.63. The average Bonchev–Trinajstić information content (AvgIpc) is 3.08. The van der Waals surface area contributed by atoms with E-state index in [2.05, 4.69) is 16.4 Å². The van der Waals surface area contributed by atoms with Crippen molar-refractivity contribution in [1.82, 2.24) is 10.3 Å². The van der Waals surface area contributed by atoms with E-state index in [1.807, 2.05) is 50.4 Å². The second kappa shape index (κ2) is 8.78. The fourth-order valence-electron chi connectivity index (χ4n) is 2.19. The molecule has 0 saturated carbocycles. The minimum atomic E-state index is -0.999. The maximum Gasteiger partial charge on any atom is 0.312 e. The van der Waals surface area contributed by atoms with Gasteiger partial charge in [-0.25, -0.2) is 4.98 Å². The van der Waals surface area contributed by atoms with Crippen LogP contribution in [0.2, 0.25) is 0 Å². The highest BCUT2D eigenvalue weighted by Crippen LogP contribution is 2.24. The lowest BCUT2D eigenvalue weighted by molar-refractivity contribution is -0.148. The van der Waals surface area contributed by atoms with Crippen LogP contribution >= 0.6 is 11.3 Å². The van der Waals surface area contributed by atoms with Gasteiger partial charge in [-0.2, -0.15) is 5.26 Å². The van der Waals surface area contributed by atoms with Crippen LogP contribution in [0.3, 0.4) is 0 Å². The molecule has 1 heterocycles. The number of hydrogen-bond acceptors (Lipinski definition) is 6. The van der Waals surface area contributed by atoms with Crippen molar-refractivity contribution < 1.29 is 14.3 Å². The van der Waals surface area contributed by atoms with Gasteiger partial charge in [-0.1, -0.05) is 43.7 Å². The van der Waals surface area contributed by atoms with Crippen molar-refractivity contribution in [2.45, 2.75) is 39.7 Å². The molecule has 0 aliphatic carbocycles. The van der Waals surface area contributed by atoms with Crippen molar-refractivity contribution in [1.29, 1.82) is 5.26 Å². The number of aromatic nitrogens is 1. The number of nitrogens with zero attached hydrogens (tertiary/aromatic N) is 2. The van der Waals surface area contributed by atoms with Gasteiger partial charge in [-0.3, -0.25) is 9.59 Å². The number of nitriles is 1. The fraction of sp³-hybridized carbons (Fsp3) is 0.400. The van der Waals surface area contributed by atoms with Gasteiger partial charge in [-0.05, 0) is 19.8 Å². The van der Waals surface area contributed by atoms with Crippen LogP contribution in [0.15, 0.2) is 29.6 Å². The second-order valence-corrected chi connectivity index (χ2v) is 7.72. The highest BCUT2D eigenvalue weighted by atomic mass is 32.1. The first-order valence-corrected chi connectivity index (χ1v) is 9.51. The lowest BCUT2D eigenvalue weighted by atomic mass is 9.90. The van der Waals surface area contributed by atoms with Crippen LogP contribution in [-0.4, -0.2) is 29.0 Å². The van der Waals surface area contributed by atoms with Crippen LogP contribution in [0, 0.1) is 24.2 Å². The molecule has 1 N–H and O–H groups in total. The van der Waals surface area contributed by atoms with E-state index in [1.165, 1.54) is 16.9 Å². The van der Waals surface area contributed by atoms with Gasteiger partial charge in [0.15, 0.2) is 6.61 Å². The van der Waals surface area contributed by atoms with E-state index in [4.69, 9.17) is 4.74 Å². The van der Waals surface area contributed by atoms with Crippen LogP contribution in [0.5, 0.6) is 0 Å². The van der Waals surface area contributed by atoms with E-state index in [0.717, 1.165) is 10.6 Å². The molecule has 0 unspecified atom stereocenters. The molecule has 1 aromatic carbocycles. The Hall–Kier alpha value is -2.72. The van der Waals surface area contributed by atoms with Gasteiger partial charge in [-0.15, -0.1) is 11.3 Å². The largest absolute Gasteiger partial charge is 0.455 e. The Morgan fingerprint density at radius 1 is 1.33 bits per heavy atom. The Balaban J connectivity index is 1.87. The predicted molar refractivity (Wildman–Crippen MR) is 104 cm³/mol. The van der Waals surface area contributed by atoms with Crippen molar-refractivity contribution in [3.8, 4) is 16.6 Å². The van der Waals surface area contributed by atoms with Crippen molar-refractivity contribution in [3.05, 3.63) is 40.9 Å². The zero-order valence-electron chi connectivity index (χ0n) is 15.9. The van der Waals surface area contributed by atoms with Gasteiger partial charge in [0.2, 0.25) is 0 Å². The summed E-state index contributed by atoms with van der Waals surface area (Å²) in [5.41, 5.74) is 1.77. The molecule has 6 nitrogen and oxygen atoms in total. The highest BCUT2D eigenvalue weighted by molar-refractivity contribution is 7.13. The molecule has 0 radical (unpaired) electrons. The molecule has 27 heavy (non-hydrogen) atoms. The number of esters is 1. The molecule has 1 aromatic heterocycles. The van der Waals surface area contributed by atoms with Gasteiger partial charge in [0, 0.05) is 10.9 Å². The standard InChI is InChI=1S/C20H23N3O3S/c1-13(2)20(4,12-21)23-17(24)10-26-18(25)9-16-11-27-19(22-16)15-7-5-14(3)6-8-15/h5-8,11,13H,9-10H2,1-4H3,(H,23,24)/t20-/m1/s1. The van der Waals surface area contributed by atoms with Crippen molar-refractivity contribution in [2.24, 2.45) is 5.92 Å². The Morgan fingerprint density at radius 3 is 2.59 bits per heavy atom. The Labute approximate surface area is 163 Å². The molecule has 2 rings (SSSR count). The summed E-state index contributed by atoms with van der Waals surface area (Å²) in [6, 6.07) is 10.1. The second-order valence-electron chi connectivity index (χ2n) is 6.86. The number of hydrogen-bond donors (Lipinski definition) is 1. The molecule has 0 bridgehead atoms. The molecule has 0 aliphatic heterocycles. The van der Waals surface area contributed by atoms with Crippen LogP contribution in [-0.2, 0) is 20.7 Å². The number of carbonyl (C=O) groups excluding carboxylic acids is 2. The lowest BCUT2D eigenvalue weighted by Gasteiger charge is -2.27. The van der Waals surface area contributed by atoms with Gasteiger partial charge in [0.05, 0.1) is 18.2 Å². The van der Waals surface area contributed by atoms with Crippen LogP contribution < -0.4 is 5.32 Å². The summed E-state index contributed by atoms with van der Waals surface area (Å²) in [6.45, 7) is 6.91. The van der Waals surface area contributed by atoms with E-state index >= 15 is 0 Å². The number of benzene rings is 1. The normalized spacial score (nSPS) is 12.9. The molecular formula is C20H23N3O3S. The minimum absolute atomic E-state index is 0.00462. The maximum absolute atomic E-state index is 12.0. The fourth-order valence-corrected chi connectivity index (χ4v) is 3.01. The number of nitrogens with one attached hydrogen (secondary N) is 1. The predicted octanol–water partition coefficient (Wildman–Crippen LogP) is 3.26. The molecule has 142 valence electrons. The number of amides is 1. The Kier molecular flexibility index (Phi) is 6.70. The van der Waals surface area contributed by atoms with Crippen molar-refractivity contribution in [3.63, 3.8) is 0 Å². The summed E-state index contributed by atoms with van der Waals surface area (Å²) >= 11 is 1.45. The molecule has 7 heteroatoms. The van der Waals surface area contributed by atoms with Crippen LogP contribution in [0.4, 0.5) is 0 Å².